The van der Waals surface area contributed by atoms with Crippen molar-refractivity contribution in [2.24, 2.45) is 11.1 Å². The lowest BCUT2D eigenvalue weighted by atomic mass is 9.85. The van der Waals surface area contributed by atoms with Gasteiger partial charge >= 0.3 is 0 Å². The number of amides is 2. The van der Waals surface area contributed by atoms with Crippen LogP contribution >= 0.6 is 0 Å². The fourth-order valence-electron chi connectivity index (χ4n) is 2.71. The summed E-state index contributed by atoms with van der Waals surface area (Å²) in [7, 11) is 0. The summed E-state index contributed by atoms with van der Waals surface area (Å²) in [6, 6.07) is -0.278. The van der Waals surface area contributed by atoms with Crippen molar-refractivity contribution < 1.29 is 14.3 Å². The average Bonchev–Trinajstić information content (AvgIpc) is 2.80. The molecule has 6 heteroatoms. The molecule has 2 fully saturated rings. The Kier molecular flexibility index (Phi) is 4.99. The highest BCUT2D eigenvalue weighted by atomic mass is 16.5. The van der Waals surface area contributed by atoms with E-state index in [0.717, 1.165) is 25.9 Å². The van der Waals surface area contributed by atoms with Crippen molar-refractivity contribution in [2.75, 3.05) is 32.8 Å². The van der Waals surface area contributed by atoms with Crippen molar-refractivity contribution in [2.45, 2.75) is 38.6 Å². The first-order valence-corrected chi connectivity index (χ1v) is 7.43. The molecule has 0 aromatic rings. The molecule has 2 aliphatic heterocycles. The van der Waals surface area contributed by atoms with Crippen LogP contribution in [0.1, 0.15) is 32.6 Å². The minimum absolute atomic E-state index is 0.117. The first-order valence-electron chi connectivity index (χ1n) is 7.43. The van der Waals surface area contributed by atoms with Crippen LogP contribution in [0.5, 0.6) is 0 Å². The van der Waals surface area contributed by atoms with E-state index in [2.05, 4.69) is 5.32 Å². The second-order valence-corrected chi connectivity index (χ2v) is 5.99. The lowest BCUT2D eigenvalue weighted by Crippen LogP contribution is -2.50. The molecule has 2 aliphatic rings. The summed E-state index contributed by atoms with van der Waals surface area (Å²) >= 11 is 0. The molecule has 3 N–H and O–H groups in total. The summed E-state index contributed by atoms with van der Waals surface area (Å²) in [4.78, 5) is 26.0. The van der Waals surface area contributed by atoms with Crippen LogP contribution in [0.15, 0.2) is 0 Å². The van der Waals surface area contributed by atoms with Crippen molar-refractivity contribution in [3.05, 3.63) is 0 Å². The van der Waals surface area contributed by atoms with Gasteiger partial charge in [0.1, 0.15) is 0 Å². The largest absolute Gasteiger partial charge is 0.379 e. The van der Waals surface area contributed by atoms with Crippen LogP contribution in [0.2, 0.25) is 0 Å². The standard InChI is InChI=1S/C14H25N3O3/c1-14(10-20-9-11(14)15)13(19)16-6-5-12(18)17-7-3-2-4-8-17/h11H,2-10,15H2,1H3,(H,16,19). The van der Waals surface area contributed by atoms with Gasteiger partial charge in [-0.05, 0) is 26.2 Å². The van der Waals surface area contributed by atoms with Crippen molar-refractivity contribution in [3.8, 4) is 0 Å². The maximum Gasteiger partial charge on any atom is 0.229 e. The Hall–Kier alpha value is -1.14. The van der Waals surface area contributed by atoms with Gasteiger partial charge in [-0.3, -0.25) is 9.59 Å². The van der Waals surface area contributed by atoms with Crippen LogP contribution in [-0.2, 0) is 14.3 Å². The third-order valence-electron chi connectivity index (χ3n) is 4.37. The molecule has 20 heavy (non-hydrogen) atoms. The molecule has 0 aromatic heterocycles. The predicted octanol–water partition coefficient (Wildman–Crippen LogP) is -0.131. The summed E-state index contributed by atoms with van der Waals surface area (Å²) in [5, 5.41) is 2.82. The van der Waals surface area contributed by atoms with Gasteiger partial charge in [0.25, 0.3) is 0 Å². The highest BCUT2D eigenvalue weighted by Crippen LogP contribution is 2.26. The zero-order valence-electron chi connectivity index (χ0n) is 12.2. The maximum atomic E-state index is 12.1. The molecule has 114 valence electrons. The molecule has 2 atom stereocenters. The predicted molar refractivity (Wildman–Crippen MR) is 75.0 cm³/mol. The quantitative estimate of drug-likeness (QED) is 0.752. The molecular weight excluding hydrogens is 258 g/mol. The lowest BCUT2D eigenvalue weighted by Gasteiger charge is -2.28. The third-order valence-corrected chi connectivity index (χ3v) is 4.37. The van der Waals surface area contributed by atoms with E-state index < -0.39 is 5.41 Å². The zero-order valence-corrected chi connectivity index (χ0v) is 12.2. The number of hydrogen-bond donors (Lipinski definition) is 2. The molecule has 0 saturated carbocycles. The number of carbonyl (C=O) groups excluding carboxylic acids is 2. The molecule has 2 rings (SSSR count). The van der Waals surface area contributed by atoms with E-state index in [0.29, 0.717) is 26.2 Å². The first-order chi connectivity index (χ1) is 9.54. The van der Waals surface area contributed by atoms with Crippen LogP contribution < -0.4 is 11.1 Å². The summed E-state index contributed by atoms with van der Waals surface area (Å²) < 4.78 is 5.26. The molecule has 0 bridgehead atoms. The number of piperidine rings is 1. The highest BCUT2D eigenvalue weighted by molar-refractivity contribution is 5.84. The van der Waals surface area contributed by atoms with Crippen molar-refractivity contribution in [3.63, 3.8) is 0 Å². The number of nitrogens with one attached hydrogen (secondary N) is 1. The summed E-state index contributed by atoms with van der Waals surface area (Å²) in [5.41, 5.74) is 5.23. The van der Waals surface area contributed by atoms with Gasteiger partial charge in [-0.1, -0.05) is 0 Å². The van der Waals surface area contributed by atoms with Gasteiger partial charge in [0, 0.05) is 32.1 Å². The van der Waals surface area contributed by atoms with Gasteiger partial charge in [0.05, 0.1) is 18.6 Å². The zero-order chi connectivity index (χ0) is 14.6. The summed E-state index contributed by atoms with van der Waals surface area (Å²) in [5.74, 6) is 0.0102. The van der Waals surface area contributed by atoms with Gasteiger partial charge in [-0.15, -0.1) is 0 Å². The van der Waals surface area contributed by atoms with Crippen molar-refractivity contribution >= 4 is 11.8 Å². The highest BCUT2D eigenvalue weighted by Gasteiger charge is 2.44. The second kappa shape index (κ2) is 6.54. The van der Waals surface area contributed by atoms with Crippen LogP contribution in [-0.4, -0.2) is 55.6 Å². The Bertz CT molecular complexity index is 369. The van der Waals surface area contributed by atoms with E-state index in [4.69, 9.17) is 10.5 Å². The molecule has 6 nitrogen and oxygen atoms in total. The van der Waals surface area contributed by atoms with Crippen LogP contribution in [0.25, 0.3) is 0 Å². The number of rotatable bonds is 4. The molecule has 0 spiro atoms. The fourth-order valence-corrected chi connectivity index (χ4v) is 2.71. The Morgan fingerprint density at radius 1 is 1.35 bits per heavy atom. The molecule has 0 aromatic carbocycles. The normalized spacial score (nSPS) is 30.3. The number of nitrogens with two attached hydrogens (primary N) is 1. The topological polar surface area (TPSA) is 84.7 Å². The van der Waals surface area contributed by atoms with Crippen LogP contribution in [0, 0.1) is 5.41 Å². The molecule has 2 saturated heterocycles. The van der Waals surface area contributed by atoms with Gasteiger partial charge in [0.2, 0.25) is 11.8 Å². The first kappa shape index (κ1) is 15.3. The van der Waals surface area contributed by atoms with E-state index in [9.17, 15) is 9.59 Å². The SMILES string of the molecule is CC1(C(=O)NCCC(=O)N2CCCCC2)COCC1N. The van der Waals surface area contributed by atoms with Gasteiger partial charge in [-0.2, -0.15) is 0 Å². The number of hydrogen-bond acceptors (Lipinski definition) is 4. The van der Waals surface area contributed by atoms with E-state index in [1.54, 1.807) is 0 Å². The Morgan fingerprint density at radius 2 is 2.05 bits per heavy atom. The monoisotopic (exact) mass is 283 g/mol. The molecule has 0 radical (unpaired) electrons. The number of likely N-dealkylation sites (tertiary alicyclic amines) is 1. The van der Waals surface area contributed by atoms with E-state index >= 15 is 0 Å². The lowest BCUT2D eigenvalue weighted by molar-refractivity contribution is -0.133. The smallest absolute Gasteiger partial charge is 0.229 e. The average molecular weight is 283 g/mol. The van der Waals surface area contributed by atoms with Crippen molar-refractivity contribution in [1.29, 1.82) is 0 Å². The van der Waals surface area contributed by atoms with Crippen LogP contribution in [0.4, 0.5) is 0 Å². The molecular formula is C14H25N3O3. The minimum Gasteiger partial charge on any atom is -0.379 e. The molecule has 2 unspecified atom stereocenters. The Balaban J connectivity index is 1.72. The number of nitrogens with zero attached hydrogens (tertiary/aromatic N) is 1. The number of carbonyl (C=O) groups is 2. The Morgan fingerprint density at radius 3 is 2.65 bits per heavy atom. The van der Waals surface area contributed by atoms with E-state index in [-0.39, 0.29) is 17.9 Å². The van der Waals surface area contributed by atoms with E-state index in [1.807, 2.05) is 11.8 Å². The number of ether oxygens (including phenoxy) is 1. The second-order valence-electron chi connectivity index (χ2n) is 5.99. The van der Waals surface area contributed by atoms with Gasteiger partial charge in [0.15, 0.2) is 0 Å². The summed E-state index contributed by atoms with van der Waals surface area (Å²) in [6.07, 6.45) is 3.74. The Labute approximate surface area is 120 Å². The maximum absolute atomic E-state index is 12.1. The van der Waals surface area contributed by atoms with Crippen molar-refractivity contribution in [1.82, 2.24) is 10.2 Å². The van der Waals surface area contributed by atoms with Gasteiger partial charge in [-0.25, -0.2) is 0 Å². The fraction of sp³-hybridized carbons (Fsp3) is 0.857. The van der Waals surface area contributed by atoms with E-state index in [1.165, 1.54) is 6.42 Å². The van der Waals surface area contributed by atoms with Crippen LogP contribution in [0.3, 0.4) is 0 Å². The molecule has 2 amide bonds. The minimum atomic E-state index is -0.672. The molecule has 0 aliphatic carbocycles. The van der Waals surface area contributed by atoms with Gasteiger partial charge < -0.3 is 20.7 Å². The third kappa shape index (κ3) is 3.30. The summed E-state index contributed by atoms with van der Waals surface area (Å²) in [6.45, 7) is 4.64. The molecule has 2 heterocycles.